The van der Waals surface area contributed by atoms with E-state index in [0.717, 1.165) is 25.9 Å². The van der Waals surface area contributed by atoms with Gasteiger partial charge in [-0.05, 0) is 19.4 Å². The van der Waals surface area contributed by atoms with Gasteiger partial charge < -0.3 is 15.8 Å². The fourth-order valence-corrected chi connectivity index (χ4v) is 1.47. The summed E-state index contributed by atoms with van der Waals surface area (Å²) in [6.45, 7) is 6.19. The van der Waals surface area contributed by atoms with Gasteiger partial charge in [0.15, 0.2) is 0 Å². The number of amides is 1. The second kappa shape index (κ2) is 10.9. The fourth-order valence-electron chi connectivity index (χ4n) is 1.47. The number of nitrogens with two attached hydrogens (primary N) is 1. The van der Waals surface area contributed by atoms with Crippen LogP contribution in [0, 0.1) is 0 Å². The van der Waals surface area contributed by atoms with E-state index >= 15 is 0 Å². The first kappa shape index (κ1) is 15.3. The zero-order valence-electron chi connectivity index (χ0n) is 10.5. The van der Waals surface area contributed by atoms with Gasteiger partial charge in [-0.15, -0.1) is 0 Å². The number of hydrogen-bond acceptors (Lipinski definition) is 4. The lowest BCUT2D eigenvalue weighted by Crippen LogP contribution is -2.40. The SMILES string of the molecule is CCCN(CCN)CC(=O)NCCCOC. The highest BCUT2D eigenvalue weighted by molar-refractivity contribution is 5.77. The monoisotopic (exact) mass is 231 g/mol. The number of ether oxygens (including phenoxy) is 1. The highest BCUT2D eigenvalue weighted by atomic mass is 16.5. The Hall–Kier alpha value is -0.650. The Morgan fingerprint density at radius 2 is 2.19 bits per heavy atom. The van der Waals surface area contributed by atoms with Crippen LogP contribution in [0.4, 0.5) is 0 Å². The first-order valence-electron chi connectivity index (χ1n) is 5.92. The number of rotatable bonds is 10. The van der Waals surface area contributed by atoms with Crippen molar-refractivity contribution < 1.29 is 9.53 Å². The van der Waals surface area contributed by atoms with Crippen LogP contribution in [0.2, 0.25) is 0 Å². The Morgan fingerprint density at radius 3 is 2.75 bits per heavy atom. The van der Waals surface area contributed by atoms with Crippen molar-refractivity contribution in [3.05, 3.63) is 0 Å². The molecule has 0 atom stereocenters. The summed E-state index contributed by atoms with van der Waals surface area (Å²) in [4.78, 5) is 13.6. The molecule has 96 valence electrons. The Kier molecular flexibility index (Phi) is 10.4. The van der Waals surface area contributed by atoms with Crippen molar-refractivity contribution in [3.63, 3.8) is 0 Å². The largest absolute Gasteiger partial charge is 0.385 e. The lowest BCUT2D eigenvalue weighted by molar-refractivity contribution is -0.122. The van der Waals surface area contributed by atoms with Crippen molar-refractivity contribution in [2.75, 3.05) is 46.4 Å². The van der Waals surface area contributed by atoms with E-state index in [0.29, 0.717) is 26.2 Å². The number of carbonyl (C=O) groups excluding carboxylic acids is 1. The molecule has 0 spiro atoms. The lowest BCUT2D eigenvalue weighted by Gasteiger charge is -2.19. The minimum atomic E-state index is 0.0676. The maximum Gasteiger partial charge on any atom is 0.234 e. The molecule has 0 fully saturated rings. The molecule has 0 aliphatic heterocycles. The minimum Gasteiger partial charge on any atom is -0.385 e. The molecule has 0 rings (SSSR count). The molecule has 0 unspecified atom stereocenters. The zero-order valence-corrected chi connectivity index (χ0v) is 10.5. The van der Waals surface area contributed by atoms with Crippen molar-refractivity contribution in [1.82, 2.24) is 10.2 Å². The predicted octanol–water partition coefficient (Wildman–Crippen LogP) is -0.190. The number of nitrogens with one attached hydrogen (secondary N) is 1. The van der Waals surface area contributed by atoms with E-state index in [1.54, 1.807) is 7.11 Å². The van der Waals surface area contributed by atoms with Gasteiger partial charge in [0.1, 0.15) is 0 Å². The average Bonchev–Trinajstić information content (AvgIpc) is 2.25. The standard InChI is InChI=1S/C11H25N3O2/c1-3-7-14(8-5-12)10-11(15)13-6-4-9-16-2/h3-10,12H2,1-2H3,(H,13,15). The molecule has 0 bridgehead atoms. The quantitative estimate of drug-likeness (QED) is 0.511. The maximum atomic E-state index is 11.5. The molecule has 5 heteroatoms. The van der Waals surface area contributed by atoms with Gasteiger partial charge in [0, 0.05) is 33.4 Å². The third-order valence-electron chi connectivity index (χ3n) is 2.20. The molecule has 0 aliphatic rings. The van der Waals surface area contributed by atoms with Gasteiger partial charge >= 0.3 is 0 Å². The summed E-state index contributed by atoms with van der Waals surface area (Å²) in [6, 6.07) is 0. The molecule has 5 nitrogen and oxygen atoms in total. The summed E-state index contributed by atoms with van der Waals surface area (Å²) >= 11 is 0. The van der Waals surface area contributed by atoms with Crippen LogP contribution >= 0.6 is 0 Å². The van der Waals surface area contributed by atoms with Gasteiger partial charge in [-0.2, -0.15) is 0 Å². The molecule has 0 aromatic carbocycles. The van der Waals surface area contributed by atoms with Crippen LogP contribution in [-0.4, -0.2) is 57.2 Å². The third kappa shape index (κ3) is 8.64. The molecule has 0 saturated carbocycles. The molecule has 0 aliphatic carbocycles. The number of nitrogens with zero attached hydrogens (tertiary/aromatic N) is 1. The smallest absolute Gasteiger partial charge is 0.234 e. The average molecular weight is 231 g/mol. The van der Waals surface area contributed by atoms with Crippen LogP contribution in [0.25, 0.3) is 0 Å². The lowest BCUT2D eigenvalue weighted by atomic mass is 10.3. The second-order valence-corrected chi connectivity index (χ2v) is 3.76. The van der Waals surface area contributed by atoms with Gasteiger partial charge in [0.25, 0.3) is 0 Å². The molecule has 0 heterocycles. The Morgan fingerprint density at radius 1 is 1.44 bits per heavy atom. The van der Waals surface area contributed by atoms with E-state index in [-0.39, 0.29) is 5.91 Å². The molecule has 0 aromatic rings. The van der Waals surface area contributed by atoms with Gasteiger partial charge in [0.05, 0.1) is 6.54 Å². The number of carbonyl (C=O) groups is 1. The van der Waals surface area contributed by atoms with Gasteiger partial charge in [-0.25, -0.2) is 0 Å². The first-order chi connectivity index (χ1) is 7.74. The highest BCUT2D eigenvalue weighted by Crippen LogP contribution is 1.90. The molecule has 0 saturated heterocycles. The summed E-state index contributed by atoms with van der Waals surface area (Å²) in [6.07, 6.45) is 1.89. The molecular weight excluding hydrogens is 206 g/mol. The van der Waals surface area contributed by atoms with E-state index in [9.17, 15) is 4.79 Å². The Balaban J connectivity index is 3.63. The molecule has 3 N–H and O–H groups in total. The van der Waals surface area contributed by atoms with Crippen molar-refractivity contribution in [2.45, 2.75) is 19.8 Å². The minimum absolute atomic E-state index is 0.0676. The molecule has 0 aromatic heterocycles. The summed E-state index contributed by atoms with van der Waals surface area (Å²) in [5, 5.41) is 2.86. The number of methoxy groups -OCH3 is 1. The Labute approximate surface area is 98.3 Å². The van der Waals surface area contributed by atoms with Gasteiger partial charge in [-0.3, -0.25) is 9.69 Å². The third-order valence-corrected chi connectivity index (χ3v) is 2.20. The second-order valence-electron chi connectivity index (χ2n) is 3.76. The van der Waals surface area contributed by atoms with Crippen LogP contribution in [0.3, 0.4) is 0 Å². The first-order valence-corrected chi connectivity index (χ1v) is 5.92. The van der Waals surface area contributed by atoms with Crippen LogP contribution in [0.15, 0.2) is 0 Å². The van der Waals surface area contributed by atoms with Crippen LogP contribution in [0.1, 0.15) is 19.8 Å². The molecular formula is C11H25N3O2. The van der Waals surface area contributed by atoms with E-state index < -0.39 is 0 Å². The van der Waals surface area contributed by atoms with E-state index in [4.69, 9.17) is 10.5 Å². The fraction of sp³-hybridized carbons (Fsp3) is 0.909. The van der Waals surface area contributed by atoms with Crippen LogP contribution in [-0.2, 0) is 9.53 Å². The van der Waals surface area contributed by atoms with Crippen molar-refractivity contribution >= 4 is 5.91 Å². The summed E-state index contributed by atoms with van der Waals surface area (Å²) < 4.78 is 4.90. The molecule has 16 heavy (non-hydrogen) atoms. The predicted molar refractivity (Wildman–Crippen MR) is 65.3 cm³/mol. The summed E-state index contributed by atoms with van der Waals surface area (Å²) in [5.41, 5.74) is 5.49. The van der Waals surface area contributed by atoms with Gasteiger partial charge in [-0.1, -0.05) is 6.92 Å². The normalized spacial score (nSPS) is 10.8. The number of hydrogen-bond donors (Lipinski definition) is 2. The summed E-state index contributed by atoms with van der Waals surface area (Å²) in [5.74, 6) is 0.0676. The van der Waals surface area contributed by atoms with Crippen molar-refractivity contribution in [2.24, 2.45) is 5.73 Å². The summed E-state index contributed by atoms with van der Waals surface area (Å²) in [7, 11) is 1.66. The van der Waals surface area contributed by atoms with Crippen LogP contribution in [0.5, 0.6) is 0 Å². The van der Waals surface area contributed by atoms with Crippen molar-refractivity contribution in [1.29, 1.82) is 0 Å². The Bertz CT molecular complexity index is 171. The maximum absolute atomic E-state index is 11.5. The van der Waals surface area contributed by atoms with Crippen molar-refractivity contribution in [3.8, 4) is 0 Å². The van der Waals surface area contributed by atoms with E-state index in [2.05, 4.69) is 17.1 Å². The van der Waals surface area contributed by atoms with Gasteiger partial charge in [0.2, 0.25) is 5.91 Å². The highest BCUT2D eigenvalue weighted by Gasteiger charge is 2.08. The van der Waals surface area contributed by atoms with Crippen LogP contribution < -0.4 is 11.1 Å². The van der Waals surface area contributed by atoms with E-state index in [1.165, 1.54) is 0 Å². The zero-order chi connectivity index (χ0) is 12.2. The molecule has 1 amide bonds. The molecule has 0 radical (unpaired) electrons. The topological polar surface area (TPSA) is 67.6 Å². The van der Waals surface area contributed by atoms with E-state index in [1.807, 2.05) is 0 Å².